The second kappa shape index (κ2) is 4.71. The van der Waals surface area contributed by atoms with Crippen molar-refractivity contribution in [3.05, 3.63) is 39.8 Å². The van der Waals surface area contributed by atoms with E-state index in [1.165, 1.54) is 0 Å². The van der Waals surface area contributed by atoms with Gasteiger partial charge in [0.25, 0.3) is 0 Å². The number of nitrogens with one attached hydrogen (secondary N) is 1. The van der Waals surface area contributed by atoms with Crippen molar-refractivity contribution in [2.24, 2.45) is 0 Å². The van der Waals surface area contributed by atoms with Gasteiger partial charge in [0.1, 0.15) is 0 Å². The highest BCUT2D eigenvalue weighted by molar-refractivity contribution is 9.10. The van der Waals surface area contributed by atoms with Crippen LogP contribution in [0.4, 0.5) is 17.1 Å². The van der Waals surface area contributed by atoms with Gasteiger partial charge in [-0.05, 0) is 56.6 Å². The van der Waals surface area contributed by atoms with Gasteiger partial charge in [0.15, 0.2) is 11.0 Å². The number of hydrogen-bond acceptors (Lipinski definition) is 5. The van der Waals surface area contributed by atoms with Crippen LogP contribution in [0.15, 0.2) is 39.4 Å². The Kier molecular flexibility index (Phi) is 3.04. The molecule has 19 heavy (non-hydrogen) atoms. The molecule has 0 atom stereocenters. The fourth-order valence-electron chi connectivity index (χ4n) is 1.72. The number of nitrogens with two attached hydrogens (primary N) is 1. The summed E-state index contributed by atoms with van der Waals surface area (Å²) in [6.45, 7) is 0. The number of nitrogens with zero attached hydrogens (tertiary/aromatic N) is 2. The molecule has 96 valence electrons. The molecule has 0 unspecified atom stereocenters. The van der Waals surface area contributed by atoms with Gasteiger partial charge in [-0.2, -0.15) is 0 Å². The van der Waals surface area contributed by atoms with E-state index in [-0.39, 0.29) is 0 Å². The predicted molar refractivity (Wildman–Crippen MR) is 78.7 cm³/mol. The zero-order valence-electron chi connectivity index (χ0n) is 9.52. The van der Waals surface area contributed by atoms with Gasteiger partial charge in [0.2, 0.25) is 0 Å². The van der Waals surface area contributed by atoms with E-state index < -0.39 is 0 Å². The highest BCUT2D eigenvalue weighted by atomic mass is 79.9. The summed E-state index contributed by atoms with van der Waals surface area (Å²) < 4.78 is 5.61. The molecule has 0 saturated carbocycles. The lowest BCUT2D eigenvalue weighted by atomic mass is 10.2. The molecule has 1 heterocycles. The van der Waals surface area contributed by atoms with Gasteiger partial charge >= 0.3 is 0 Å². The molecule has 0 saturated heterocycles. The van der Waals surface area contributed by atoms with Crippen molar-refractivity contribution in [2.75, 3.05) is 11.1 Å². The maximum absolute atomic E-state index is 5.98. The first-order chi connectivity index (χ1) is 9.15. The first-order valence-corrected chi connectivity index (χ1v) is 6.55. The van der Waals surface area contributed by atoms with Gasteiger partial charge in [0, 0.05) is 9.50 Å². The van der Waals surface area contributed by atoms with Crippen LogP contribution in [-0.4, -0.2) is 10.3 Å². The van der Waals surface area contributed by atoms with Crippen molar-refractivity contribution in [1.29, 1.82) is 0 Å². The van der Waals surface area contributed by atoms with Crippen molar-refractivity contribution in [3.63, 3.8) is 0 Å². The zero-order chi connectivity index (χ0) is 13.4. The van der Waals surface area contributed by atoms with E-state index in [0.29, 0.717) is 21.7 Å². The third kappa shape index (κ3) is 2.24. The minimum atomic E-state index is 0.520. The Labute approximate surface area is 121 Å². The van der Waals surface area contributed by atoms with Crippen LogP contribution < -0.4 is 11.1 Å². The van der Waals surface area contributed by atoms with E-state index in [1.807, 2.05) is 12.1 Å². The number of rotatable bonds is 2. The molecule has 2 aromatic carbocycles. The van der Waals surface area contributed by atoms with E-state index in [1.54, 1.807) is 18.2 Å². The molecule has 0 fully saturated rings. The monoisotopic (exact) mass is 338 g/mol. The molecule has 3 rings (SSSR count). The topological polar surface area (TPSA) is 77.0 Å². The van der Waals surface area contributed by atoms with Crippen molar-refractivity contribution >= 4 is 55.6 Å². The molecule has 0 aliphatic rings. The lowest BCUT2D eigenvalue weighted by molar-refractivity contribution is 0.316. The van der Waals surface area contributed by atoms with Crippen LogP contribution in [0.25, 0.3) is 11.0 Å². The molecular weight excluding hydrogens is 332 g/mol. The molecule has 7 heteroatoms. The van der Waals surface area contributed by atoms with Crippen molar-refractivity contribution in [1.82, 2.24) is 10.3 Å². The highest BCUT2D eigenvalue weighted by Gasteiger charge is 2.11. The van der Waals surface area contributed by atoms with E-state index >= 15 is 0 Å². The molecule has 0 spiro atoms. The van der Waals surface area contributed by atoms with Gasteiger partial charge in [-0.3, -0.25) is 0 Å². The Morgan fingerprint density at radius 3 is 2.74 bits per heavy atom. The highest BCUT2D eigenvalue weighted by Crippen LogP contribution is 2.32. The third-order valence-electron chi connectivity index (χ3n) is 2.64. The number of hydrogen-bond donors (Lipinski definition) is 2. The van der Waals surface area contributed by atoms with Crippen LogP contribution in [0, 0.1) is 0 Å². The average molecular weight is 340 g/mol. The Hall–Kier alpha value is -1.79. The molecule has 0 radical (unpaired) electrons. The van der Waals surface area contributed by atoms with Crippen LogP contribution >= 0.6 is 27.5 Å². The summed E-state index contributed by atoms with van der Waals surface area (Å²) >= 11 is 9.43. The fourth-order valence-corrected chi connectivity index (χ4v) is 2.24. The first kappa shape index (κ1) is 12.3. The number of halogens is 2. The third-order valence-corrected chi connectivity index (χ3v) is 3.57. The van der Waals surface area contributed by atoms with Crippen molar-refractivity contribution in [2.45, 2.75) is 0 Å². The number of anilines is 3. The maximum atomic E-state index is 5.98. The van der Waals surface area contributed by atoms with Gasteiger partial charge in [0.05, 0.1) is 17.1 Å². The van der Waals surface area contributed by atoms with Gasteiger partial charge in [-0.15, -0.1) is 0 Å². The number of nitrogen functional groups attached to an aromatic ring is 1. The Morgan fingerprint density at radius 2 is 1.89 bits per heavy atom. The van der Waals surface area contributed by atoms with Crippen LogP contribution in [0.2, 0.25) is 5.02 Å². The summed E-state index contributed by atoms with van der Waals surface area (Å²) in [5.41, 5.74) is 8.99. The fraction of sp³-hybridized carbons (Fsp3) is 0. The lowest BCUT2D eigenvalue weighted by Crippen LogP contribution is -1.95. The quantitative estimate of drug-likeness (QED) is 0.691. The van der Waals surface area contributed by atoms with E-state index in [2.05, 4.69) is 31.6 Å². The molecular formula is C12H8BrClN4O. The molecule has 0 bridgehead atoms. The average Bonchev–Trinajstić information content (AvgIpc) is 2.87. The molecule has 5 nitrogen and oxygen atoms in total. The number of benzene rings is 2. The summed E-state index contributed by atoms with van der Waals surface area (Å²) in [6.07, 6.45) is 0. The predicted octanol–water partition coefficient (Wildman–Crippen LogP) is 3.96. The van der Waals surface area contributed by atoms with Crippen molar-refractivity contribution < 1.29 is 4.63 Å². The van der Waals surface area contributed by atoms with E-state index in [4.69, 9.17) is 22.0 Å². The van der Waals surface area contributed by atoms with Gasteiger partial charge in [-0.1, -0.05) is 11.6 Å². The zero-order valence-corrected chi connectivity index (χ0v) is 11.9. The summed E-state index contributed by atoms with van der Waals surface area (Å²) in [7, 11) is 0. The second-order valence-corrected chi connectivity index (χ2v) is 5.20. The molecule has 0 aliphatic carbocycles. The van der Waals surface area contributed by atoms with Crippen molar-refractivity contribution in [3.8, 4) is 0 Å². The Balaban J connectivity index is 2.08. The van der Waals surface area contributed by atoms with Gasteiger partial charge < -0.3 is 11.1 Å². The Morgan fingerprint density at radius 1 is 1.11 bits per heavy atom. The molecule has 3 aromatic rings. The minimum Gasteiger partial charge on any atom is -0.397 e. The first-order valence-electron chi connectivity index (χ1n) is 5.38. The smallest absolute Gasteiger partial charge is 0.160 e. The Bertz CT molecular complexity index is 759. The SMILES string of the molecule is Nc1ccc(Nc2cc(Cl)ccc2Br)c2nonc12. The summed E-state index contributed by atoms with van der Waals surface area (Å²) in [5.74, 6) is 0. The van der Waals surface area contributed by atoms with Crippen LogP contribution in [0.3, 0.4) is 0 Å². The van der Waals surface area contributed by atoms with Crippen LogP contribution in [0.5, 0.6) is 0 Å². The minimum absolute atomic E-state index is 0.520. The summed E-state index contributed by atoms with van der Waals surface area (Å²) in [5, 5.41) is 11.5. The van der Waals surface area contributed by atoms with E-state index in [0.717, 1.165) is 15.8 Å². The molecule has 0 amide bonds. The van der Waals surface area contributed by atoms with E-state index in [9.17, 15) is 0 Å². The molecule has 1 aromatic heterocycles. The lowest BCUT2D eigenvalue weighted by Gasteiger charge is -2.09. The largest absolute Gasteiger partial charge is 0.397 e. The number of fused-ring (bicyclic) bond motifs is 1. The van der Waals surface area contributed by atoms with Gasteiger partial charge in [-0.25, -0.2) is 4.63 Å². The van der Waals surface area contributed by atoms with Crippen LogP contribution in [0.1, 0.15) is 0 Å². The maximum Gasteiger partial charge on any atom is 0.160 e. The number of aromatic nitrogens is 2. The normalized spacial score (nSPS) is 10.8. The standard InChI is InChI=1S/C12H8BrClN4O/c13-7-2-1-6(14)5-10(7)16-9-4-3-8(15)11-12(9)18-19-17-11/h1-5,16H,15H2. The molecule has 0 aliphatic heterocycles. The summed E-state index contributed by atoms with van der Waals surface area (Å²) in [6, 6.07) is 9.02. The molecule has 3 N–H and O–H groups in total. The van der Waals surface area contributed by atoms with Crippen LogP contribution in [-0.2, 0) is 0 Å². The second-order valence-electron chi connectivity index (χ2n) is 3.91. The summed E-state index contributed by atoms with van der Waals surface area (Å²) in [4.78, 5) is 0.